The standard InChI is InChI=1S/C18H20N6/c1-11(2)9-23-13(4)12(3)15-17(23)20-10-24-18(15)21-16(22-24)14-5-7-19-8-6-14/h5-8,10-11H,9H2,1-4H3. The Morgan fingerprint density at radius 1 is 1.08 bits per heavy atom. The zero-order valence-corrected chi connectivity index (χ0v) is 14.4. The highest BCUT2D eigenvalue weighted by Gasteiger charge is 2.18. The van der Waals surface area contributed by atoms with Crippen molar-refractivity contribution in [2.75, 3.05) is 0 Å². The van der Waals surface area contributed by atoms with Crippen LogP contribution in [0.5, 0.6) is 0 Å². The summed E-state index contributed by atoms with van der Waals surface area (Å²) in [7, 11) is 0. The first kappa shape index (κ1) is 14.8. The minimum absolute atomic E-state index is 0.557. The van der Waals surface area contributed by atoms with E-state index in [0.29, 0.717) is 11.7 Å². The summed E-state index contributed by atoms with van der Waals surface area (Å²) in [5.41, 5.74) is 5.26. The molecule has 0 saturated carbocycles. The third kappa shape index (κ3) is 2.18. The molecular weight excluding hydrogens is 300 g/mol. The van der Waals surface area contributed by atoms with E-state index in [-0.39, 0.29) is 0 Å². The number of hydrogen-bond acceptors (Lipinski definition) is 4. The molecule has 0 saturated heterocycles. The van der Waals surface area contributed by atoms with Gasteiger partial charge in [0, 0.05) is 30.2 Å². The Morgan fingerprint density at radius 2 is 1.83 bits per heavy atom. The van der Waals surface area contributed by atoms with Crippen molar-refractivity contribution in [3.05, 3.63) is 42.1 Å². The van der Waals surface area contributed by atoms with Gasteiger partial charge in [0.15, 0.2) is 11.5 Å². The van der Waals surface area contributed by atoms with E-state index in [1.807, 2.05) is 12.1 Å². The molecule has 6 nitrogen and oxygen atoms in total. The topological polar surface area (TPSA) is 60.9 Å². The molecule has 122 valence electrons. The largest absolute Gasteiger partial charge is 0.329 e. The molecule has 4 aromatic rings. The van der Waals surface area contributed by atoms with E-state index in [1.165, 1.54) is 11.3 Å². The van der Waals surface area contributed by atoms with Crippen LogP contribution in [0, 0.1) is 19.8 Å². The molecule has 4 heterocycles. The van der Waals surface area contributed by atoms with E-state index in [2.05, 4.69) is 47.3 Å². The number of pyridine rings is 1. The average Bonchev–Trinajstić information content (AvgIpc) is 3.11. The Labute approximate surface area is 140 Å². The summed E-state index contributed by atoms with van der Waals surface area (Å²) >= 11 is 0. The zero-order chi connectivity index (χ0) is 16.8. The molecule has 6 heteroatoms. The summed E-state index contributed by atoms with van der Waals surface area (Å²) in [5, 5.41) is 5.67. The highest BCUT2D eigenvalue weighted by Crippen LogP contribution is 2.28. The molecule has 0 aliphatic heterocycles. The molecule has 0 aromatic carbocycles. The van der Waals surface area contributed by atoms with E-state index in [0.717, 1.165) is 28.8 Å². The normalized spacial score (nSPS) is 11.9. The van der Waals surface area contributed by atoms with E-state index in [4.69, 9.17) is 4.98 Å². The predicted molar refractivity (Wildman–Crippen MR) is 93.8 cm³/mol. The molecular formula is C18H20N6. The molecule has 0 aliphatic carbocycles. The monoisotopic (exact) mass is 320 g/mol. The van der Waals surface area contributed by atoms with Crippen LogP contribution in [-0.2, 0) is 6.54 Å². The van der Waals surface area contributed by atoms with Crippen LogP contribution in [0.1, 0.15) is 25.1 Å². The molecule has 0 fully saturated rings. The molecule has 0 atom stereocenters. The molecule has 0 amide bonds. The van der Waals surface area contributed by atoms with Crippen molar-refractivity contribution in [2.45, 2.75) is 34.2 Å². The first-order chi connectivity index (χ1) is 11.6. The van der Waals surface area contributed by atoms with Gasteiger partial charge in [-0.3, -0.25) is 4.98 Å². The number of hydrogen-bond donors (Lipinski definition) is 0. The minimum atomic E-state index is 0.557. The molecule has 4 rings (SSSR count). The highest BCUT2D eigenvalue weighted by molar-refractivity contribution is 5.94. The summed E-state index contributed by atoms with van der Waals surface area (Å²) in [6.45, 7) is 9.67. The van der Waals surface area contributed by atoms with Crippen molar-refractivity contribution >= 4 is 16.7 Å². The Hall–Kier alpha value is -2.76. The first-order valence-corrected chi connectivity index (χ1v) is 8.17. The fraction of sp³-hybridized carbons (Fsp3) is 0.333. The van der Waals surface area contributed by atoms with Crippen molar-refractivity contribution in [3.8, 4) is 11.4 Å². The maximum atomic E-state index is 4.78. The van der Waals surface area contributed by atoms with Crippen LogP contribution in [-0.4, -0.2) is 29.1 Å². The summed E-state index contributed by atoms with van der Waals surface area (Å²) in [6, 6.07) is 3.84. The molecule has 0 bridgehead atoms. The summed E-state index contributed by atoms with van der Waals surface area (Å²) in [4.78, 5) is 13.5. The molecule has 0 radical (unpaired) electrons. The SMILES string of the molecule is Cc1c(C)n(CC(C)C)c2ncn3nc(-c4ccncc4)nc3c12. The Kier molecular flexibility index (Phi) is 3.33. The van der Waals surface area contributed by atoms with Crippen LogP contribution in [0.4, 0.5) is 0 Å². The van der Waals surface area contributed by atoms with Gasteiger partial charge in [-0.15, -0.1) is 5.10 Å². The fourth-order valence-electron chi connectivity index (χ4n) is 3.14. The van der Waals surface area contributed by atoms with Gasteiger partial charge < -0.3 is 4.57 Å². The van der Waals surface area contributed by atoms with Crippen LogP contribution in [0.25, 0.3) is 28.1 Å². The van der Waals surface area contributed by atoms with Crippen molar-refractivity contribution in [3.63, 3.8) is 0 Å². The maximum Gasteiger partial charge on any atom is 0.182 e. The minimum Gasteiger partial charge on any atom is -0.329 e. The number of aryl methyl sites for hydroxylation is 1. The lowest BCUT2D eigenvalue weighted by Gasteiger charge is -2.10. The summed E-state index contributed by atoms with van der Waals surface area (Å²) in [6.07, 6.45) is 5.26. The van der Waals surface area contributed by atoms with Crippen molar-refractivity contribution in [1.29, 1.82) is 0 Å². The van der Waals surface area contributed by atoms with E-state index in [1.54, 1.807) is 23.2 Å². The van der Waals surface area contributed by atoms with Gasteiger partial charge in [0.2, 0.25) is 0 Å². The van der Waals surface area contributed by atoms with Gasteiger partial charge in [0.25, 0.3) is 0 Å². The van der Waals surface area contributed by atoms with E-state index >= 15 is 0 Å². The van der Waals surface area contributed by atoms with Crippen molar-refractivity contribution in [2.24, 2.45) is 5.92 Å². The van der Waals surface area contributed by atoms with Crippen molar-refractivity contribution < 1.29 is 0 Å². The highest BCUT2D eigenvalue weighted by atomic mass is 15.3. The van der Waals surface area contributed by atoms with Crippen LogP contribution in [0.3, 0.4) is 0 Å². The summed E-state index contributed by atoms with van der Waals surface area (Å²) in [5.74, 6) is 1.25. The zero-order valence-electron chi connectivity index (χ0n) is 14.4. The average molecular weight is 320 g/mol. The Morgan fingerprint density at radius 3 is 2.54 bits per heavy atom. The van der Waals surface area contributed by atoms with E-state index < -0.39 is 0 Å². The second kappa shape index (κ2) is 5.40. The quantitative estimate of drug-likeness (QED) is 0.580. The molecule has 0 spiro atoms. The summed E-state index contributed by atoms with van der Waals surface area (Å²) < 4.78 is 4.06. The van der Waals surface area contributed by atoms with Crippen LogP contribution >= 0.6 is 0 Å². The molecule has 4 aromatic heterocycles. The van der Waals surface area contributed by atoms with E-state index in [9.17, 15) is 0 Å². The number of fused-ring (bicyclic) bond motifs is 3. The van der Waals surface area contributed by atoms with Crippen LogP contribution < -0.4 is 0 Å². The molecule has 0 unspecified atom stereocenters. The Balaban J connectivity index is 1.99. The lowest BCUT2D eigenvalue weighted by Crippen LogP contribution is -2.07. The number of rotatable bonds is 3. The van der Waals surface area contributed by atoms with Crippen LogP contribution in [0.15, 0.2) is 30.9 Å². The second-order valence-corrected chi connectivity index (χ2v) is 6.60. The van der Waals surface area contributed by atoms with Gasteiger partial charge in [-0.1, -0.05) is 13.8 Å². The van der Waals surface area contributed by atoms with Crippen molar-refractivity contribution in [1.82, 2.24) is 29.1 Å². The Bertz CT molecular complexity index is 1030. The number of nitrogens with zero attached hydrogens (tertiary/aromatic N) is 6. The predicted octanol–water partition coefficient (Wildman–Crippen LogP) is 3.41. The van der Waals surface area contributed by atoms with Gasteiger partial charge >= 0.3 is 0 Å². The van der Waals surface area contributed by atoms with Gasteiger partial charge in [0.1, 0.15) is 12.0 Å². The van der Waals surface area contributed by atoms with Gasteiger partial charge in [-0.25, -0.2) is 14.5 Å². The van der Waals surface area contributed by atoms with Gasteiger partial charge in [-0.05, 0) is 37.5 Å². The van der Waals surface area contributed by atoms with Gasteiger partial charge in [-0.2, -0.15) is 0 Å². The second-order valence-electron chi connectivity index (χ2n) is 6.60. The van der Waals surface area contributed by atoms with Crippen LogP contribution in [0.2, 0.25) is 0 Å². The lowest BCUT2D eigenvalue weighted by molar-refractivity contribution is 0.524. The first-order valence-electron chi connectivity index (χ1n) is 8.17. The third-order valence-electron chi connectivity index (χ3n) is 4.43. The van der Waals surface area contributed by atoms with Gasteiger partial charge in [0.05, 0.1) is 5.39 Å². The smallest absolute Gasteiger partial charge is 0.182 e. The fourth-order valence-corrected chi connectivity index (χ4v) is 3.14. The molecule has 0 N–H and O–H groups in total. The lowest BCUT2D eigenvalue weighted by atomic mass is 10.2. The maximum absolute atomic E-state index is 4.78. The molecule has 24 heavy (non-hydrogen) atoms. The molecule has 0 aliphatic rings. The third-order valence-corrected chi connectivity index (χ3v) is 4.43. The number of aromatic nitrogens is 6.